The van der Waals surface area contributed by atoms with Gasteiger partial charge >= 0.3 is 0 Å². The summed E-state index contributed by atoms with van der Waals surface area (Å²) in [5.41, 5.74) is 8.05. The van der Waals surface area contributed by atoms with Crippen LogP contribution >= 0.6 is 0 Å². The molecule has 1 saturated carbocycles. The number of nitrogens with zero attached hydrogens (tertiary/aromatic N) is 1. The van der Waals surface area contributed by atoms with E-state index in [1.165, 1.54) is 5.56 Å². The summed E-state index contributed by atoms with van der Waals surface area (Å²) >= 11 is 0. The normalized spacial score (nSPS) is 20.9. The lowest BCUT2D eigenvalue weighted by molar-refractivity contribution is 0.415. The summed E-state index contributed by atoms with van der Waals surface area (Å²) in [6.45, 7) is 0. The Balaban J connectivity index is 1.68. The van der Waals surface area contributed by atoms with Crippen molar-refractivity contribution in [2.24, 2.45) is 5.73 Å². The van der Waals surface area contributed by atoms with Crippen molar-refractivity contribution in [2.45, 2.75) is 18.4 Å². The fourth-order valence-corrected chi connectivity index (χ4v) is 2.12. The quantitative estimate of drug-likeness (QED) is 0.881. The summed E-state index contributed by atoms with van der Waals surface area (Å²) in [5, 5.41) is 3.26. The first-order valence-corrected chi connectivity index (χ1v) is 6.39. The van der Waals surface area contributed by atoms with Gasteiger partial charge in [-0.25, -0.2) is 4.98 Å². The summed E-state index contributed by atoms with van der Waals surface area (Å²) < 4.78 is 5.12. The molecule has 4 heteroatoms. The Bertz CT molecular complexity index is 551. The van der Waals surface area contributed by atoms with Crippen molar-refractivity contribution in [3.05, 3.63) is 48.2 Å². The molecule has 4 nitrogen and oxygen atoms in total. The highest BCUT2D eigenvalue weighted by Crippen LogP contribution is 2.38. The number of pyridine rings is 1. The zero-order chi connectivity index (χ0) is 13.2. The van der Waals surface area contributed by atoms with Crippen molar-refractivity contribution in [1.29, 1.82) is 0 Å². The van der Waals surface area contributed by atoms with E-state index in [0.717, 1.165) is 23.7 Å². The van der Waals surface area contributed by atoms with Crippen LogP contribution < -0.4 is 15.8 Å². The average Bonchev–Trinajstić information content (AvgIpc) is 3.18. The SMILES string of the molecule is COc1ccc(Nc2ccc([C@@H]3C[C@H]3N)cn2)cc1. The van der Waals surface area contributed by atoms with Crippen molar-refractivity contribution in [3.63, 3.8) is 0 Å². The summed E-state index contributed by atoms with van der Waals surface area (Å²) in [6.07, 6.45) is 2.98. The van der Waals surface area contributed by atoms with E-state index in [4.69, 9.17) is 10.5 Å². The van der Waals surface area contributed by atoms with Crippen LogP contribution in [0.15, 0.2) is 42.6 Å². The molecule has 1 aliphatic rings. The minimum absolute atomic E-state index is 0.321. The van der Waals surface area contributed by atoms with E-state index in [2.05, 4.69) is 16.4 Å². The number of anilines is 2. The maximum Gasteiger partial charge on any atom is 0.130 e. The third-order valence-electron chi connectivity index (χ3n) is 3.42. The maximum atomic E-state index is 5.83. The molecule has 2 atom stereocenters. The summed E-state index contributed by atoms with van der Waals surface area (Å²) in [5.74, 6) is 2.18. The van der Waals surface area contributed by atoms with E-state index < -0.39 is 0 Å². The van der Waals surface area contributed by atoms with Crippen molar-refractivity contribution in [1.82, 2.24) is 4.98 Å². The molecule has 0 aliphatic heterocycles. The molecular formula is C15H17N3O. The predicted octanol–water partition coefficient (Wildman–Crippen LogP) is 2.65. The van der Waals surface area contributed by atoms with Gasteiger partial charge in [0.15, 0.2) is 0 Å². The van der Waals surface area contributed by atoms with Crippen molar-refractivity contribution < 1.29 is 4.74 Å². The van der Waals surface area contributed by atoms with E-state index >= 15 is 0 Å². The van der Waals surface area contributed by atoms with Crippen molar-refractivity contribution in [2.75, 3.05) is 12.4 Å². The van der Waals surface area contributed by atoms with Gasteiger partial charge in [-0.3, -0.25) is 0 Å². The fraction of sp³-hybridized carbons (Fsp3) is 0.267. The monoisotopic (exact) mass is 255 g/mol. The Labute approximate surface area is 112 Å². The highest BCUT2D eigenvalue weighted by molar-refractivity contribution is 5.57. The molecule has 1 fully saturated rings. The summed E-state index contributed by atoms with van der Waals surface area (Å²) in [4.78, 5) is 4.41. The van der Waals surface area contributed by atoms with E-state index in [0.29, 0.717) is 12.0 Å². The Morgan fingerprint density at radius 3 is 2.47 bits per heavy atom. The Morgan fingerprint density at radius 2 is 1.95 bits per heavy atom. The molecule has 19 heavy (non-hydrogen) atoms. The largest absolute Gasteiger partial charge is 0.497 e. The number of benzene rings is 1. The number of hydrogen-bond donors (Lipinski definition) is 2. The molecule has 1 aromatic carbocycles. The number of aromatic nitrogens is 1. The van der Waals surface area contributed by atoms with Crippen LogP contribution in [0.25, 0.3) is 0 Å². The summed E-state index contributed by atoms with van der Waals surface area (Å²) in [7, 11) is 1.66. The molecule has 0 bridgehead atoms. The fourth-order valence-electron chi connectivity index (χ4n) is 2.12. The molecule has 0 spiro atoms. The van der Waals surface area contributed by atoms with Crippen LogP contribution in [0, 0.1) is 0 Å². The van der Waals surface area contributed by atoms with Gasteiger partial charge in [-0.15, -0.1) is 0 Å². The molecule has 0 radical (unpaired) electrons. The number of ether oxygens (including phenoxy) is 1. The van der Waals surface area contributed by atoms with Gasteiger partial charge in [-0.2, -0.15) is 0 Å². The topological polar surface area (TPSA) is 60.2 Å². The second-order valence-electron chi connectivity index (χ2n) is 4.84. The number of hydrogen-bond acceptors (Lipinski definition) is 4. The van der Waals surface area contributed by atoms with E-state index in [1.807, 2.05) is 36.5 Å². The van der Waals surface area contributed by atoms with Gasteiger partial charge in [0.05, 0.1) is 7.11 Å². The van der Waals surface area contributed by atoms with Crippen LogP contribution in [0.4, 0.5) is 11.5 Å². The minimum Gasteiger partial charge on any atom is -0.497 e. The molecule has 0 saturated heterocycles. The van der Waals surface area contributed by atoms with Crippen LogP contribution in [0.2, 0.25) is 0 Å². The van der Waals surface area contributed by atoms with E-state index in [1.54, 1.807) is 7.11 Å². The standard InChI is InChI=1S/C15H17N3O/c1-19-12-5-3-11(4-6-12)18-15-7-2-10(9-17-15)13-8-14(13)16/h2-7,9,13-14H,8,16H2,1H3,(H,17,18)/t13-,14+/m0/s1. The molecule has 1 aromatic heterocycles. The highest BCUT2D eigenvalue weighted by atomic mass is 16.5. The molecule has 3 rings (SSSR count). The van der Waals surface area contributed by atoms with Gasteiger partial charge < -0.3 is 15.8 Å². The first kappa shape index (κ1) is 12.0. The third kappa shape index (κ3) is 2.69. The van der Waals surface area contributed by atoms with Crippen LogP contribution in [-0.2, 0) is 0 Å². The van der Waals surface area contributed by atoms with Gasteiger partial charge in [0, 0.05) is 23.8 Å². The molecule has 98 valence electrons. The zero-order valence-corrected chi connectivity index (χ0v) is 10.8. The van der Waals surface area contributed by atoms with Crippen LogP contribution in [0.5, 0.6) is 5.75 Å². The second-order valence-corrected chi connectivity index (χ2v) is 4.84. The summed E-state index contributed by atoms with van der Waals surface area (Å²) in [6, 6.07) is 12.2. The maximum absolute atomic E-state index is 5.83. The zero-order valence-electron chi connectivity index (χ0n) is 10.8. The highest BCUT2D eigenvalue weighted by Gasteiger charge is 2.34. The first-order valence-electron chi connectivity index (χ1n) is 6.39. The Morgan fingerprint density at radius 1 is 1.21 bits per heavy atom. The lowest BCUT2D eigenvalue weighted by Crippen LogP contribution is -2.01. The number of rotatable bonds is 4. The Hall–Kier alpha value is -2.07. The molecule has 1 aliphatic carbocycles. The second kappa shape index (κ2) is 4.90. The van der Waals surface area contributed by atoms with Gasteiger partial charge in [0.2, 0.25) is 0 Å². The number of nitrogens with two attached hydrogens (primary N) is 1. The van der Waals surface area contributed by atoms with Gasteiger partial charge in [-0.05, 0) is 42.3 Å². The minimum atomic E-state index is 0.321. The lowest BCUT2D eigenvalue weighted by atomic mass is 10.2. The number of nitrogens with one attached hydrogen (secondary N) is 1. The molecule has 3 N–H and O–H groups in total. The van der Waals surface area contributed by atoms with Gasteiger partial charge in [-0.1, -0.05) is 6.07 Å². The Kier molecular flexibility index (Phi) is 3.09. The predicted molar refractivity (Wildman–Crippen MR) is 75.8 cm³/mol. The van der Waals surface area contributed by atoms with E-state index in [-0.39, 0.29) is 0 Å². The van der Waals surface area contributed by atoms with E-state index in [9.17, 15) is 0 Å². The lowest BCUT2D eigenvalue weighted by Gasteiger charge is -2.07. The molecule has 2 aromatic rings. The number of methoxy groups -OCH3 is 1. The first-order chi connectivity index (χ1) is 9.26. The molecular weight excluding hydrogens is 238 g/mol. The van der Waals surface area contributed by atoms with Crippen LogP contribution in [-0.4, -0.2) is 18.1 Å². The smallest absolute Gasteiger partial charge is 0.130 e. The van der Waals surface area contributed by atoms with Crippen LogP contribution in [0.3, 0.4) is 0 Å². The van der Waals surface area contributed by atoms with Gasteiger partial charge in [0.25, 0.3) is 0 Å². The van der Waals surface area contributed by atoms with Crippen LogP contribution in [0.1, 0.15) is 17.9 Å². The molecule has 1 heterocycles. The molecule has 0 unspecified atom stereocenters. The van der Waals surface area contributed by atoms with Gasteiger partial charge in [0.1, 0.15) is 11.6 Å². The van der Waals surface area contributed by atoms with Crippen molar-refractivity contribution >= 4 is 11.5 Å². The molecule has 0 amide bonds. The average molecular weight is 255 g/mol. The third-order valence-corrected chi connectivity index (χ3v) is 3.42. The van der Waals surface area contributed by atoms with Crippen molar-refractivity contribution in [3.8, 4) is 5.75 Å².